The maximum Gasteiger partial charge on any atom is 0.416 e. The van der Waals surface area contributed by atoms with Gasteiger partial charge in [0.05, 0.1) is 28.7 Å². The number of carbonyl (C=O) groups excluding carboxylic acids is 2. The van der Waals surface area contributed by atoms with Crippen LogP contribution in [0.2, 0.25) is 0 Å². The summed E-state index contributed by atoms with van der Waals surface area (Å²) in [7, 11) is 1.12. The van der Waals surface area contributed by atoms with E-state index in [1.807, 2.05) is 0 Å². The Hall–Kier alpha value is -5.72. The number of carboxylic acids is 1. The third-order valence-corrected chi connectivity index (χ3v) is 6.68. The van der Waals surface area contributed by atoms with Crippen LogP contribution < -0.4 is 5.32 Å². The van der Waals surface area contributed by atoms with Crippen molar-refractivity contribution < 1.29 is 47.4 Å². The molecule has 0 bridgehead atoms. The highest BCUT2D eigenvalue weighted by Gasteiger charge is 2.30. The maximum absolute atomic E-state index is 13.1. The Balaban J connectivity index is 1.55. The number of hydrogen-bond acceptors (Lipinski definition) is 7. The molecule has 0 aliphatic heterocycles. The quantitative estimate of drug-likeness (QED) is 0.121. The summed E-state index contributed by atoms with van der Waals surface area (Å²) in [4.78, 5) is 47.7. The number of aromatic carboxylic acids is 1. The minimum absolute atomic E-state index is 0.0621. The molecule has 0 aliphatic rings. The molecule has 0 saturated heterocycles. The fourth-order valence-corrected chi connectivity index (χ4v) is 4.40. The molecule has 10 nitrogen and oxygen atoms in total. The summed E-state index contributed by atoms with van der Waals surface area (Å²) in [6.45, 7) is 0. The number of phenolic OH excluding ortho intramolecular Hbond substituents is 1. The Morgan fingerprint density at radius 3 is 2.05 bits per heavy atom. The number of nitro groups is 1. The number of carbonyl (C=O) groups is 3. The summed E-state index contributed by atoms with van der Waals surface area (Å²) in [6, 6.07) is 16.7. The Labute approximate surface area is 247 Å². The van der Waals surface area contributed by atoms with E-state index in [0.717, 1.165) is 25.3 Å². The fraction of sp³-hybridized carbons (Fsp3) is 0.129. The van der Waals surface area contributed by atoms with E-state index < -0.39 is 52.0 Å². The molecule has 3 N–H and O–H groups in total. The number of methoxy groups -OCH3 is 1. The number of nitrogens with one attached hydrogen (secondary N) is 1. The number of benzene rings is 4. The molecule has 4 aromatic rings. The van der Waals surface area contributed by atoms with Gasteiger partial charge in [-0.05, 0) is 58.1 Å². The lowest BCUT2D eigenvalue weighted by molar-refractivity contribution is -0.384. The number of esters is 1. The lowest BCUT2D eigenvalue weighted by Gasteiger charge is -2.18. The molecule has 226 valence electrons. The van der Waals surface area contributed by atoms with Crippen molar-refractivity contribution in [2.45, 2.75) is 18.6 Å². The molecule has 0 unspecified atom stereocenters. The summed E-state index contributed by atoms with van der Waals surface area (Å²) in [6.07, 6.45) is -4.58. The molecule has 4 aromatic carbocycles. The third kappa shape index (κ3) is 7.18. The first-order valence-electron chi connectivity index (χ1n) is 12.8. The molecule has 44 heavy (non-hydrogen) atoms. The van der Waals surface area contributed by atoms with Crippen LogP contribution in [0.5, 0.6) is 5.75 Å². The zero-order valence-electron chi connectivity index (χ0n) is 22.8. The van der Waals surface area contributed by atoms with Crippen LogP contribution in [-0.4, -0.2) is 46.1 Å². The average Bonchev–Trinajstić information content (AvgIpc) is 3.00. The maximum atomic E-state index is 13.1. The number of amides is 1. The van der Waals surface area contributed by atoms with Crippen LogP contribution in [0.3, 0.4) is 0 Å². The van der Waals surface area contributed by atoms with Crippen LogP contribution in [0.25, 0.3) is 22.3 Å². The second-order valence-corrected chi connectivity index (χ2v) is 9.59. The predicted molar refractivity (Wildman–Crippen MR) is 151 cm³/mol. The van der Waals surface area contributed by atoms with Gasteiger partial charge in [-0.15, -0.1) is 0 Å². The topological polar surface area (TPSA) is 156 Å². The largest absolute Gasteiger partial charge is 0.507 e. The van der Waals surface area contributed by atoms with E-state index in [1.165, 1.54) is 42.5 Å². The number of hydrogen-bond donors (Lipinski definition) is 3. The van der Waals surface area contributed by atoms with Gasteiger partial charge in [0, 0.05) is 18.6 Å². The minimum atomic E-state index is -4.52. The highest BCUT2D eigenvalue weighted by Crippen LogP contribution is 2.32. The highest BCUT2D eigenvalue weighted by atomic mass is 19.4. The number of halogens is 3. The van der Waals surface area contributed by atoms with Crippen LogP contribution >= 0.6 is 0 Å². The SMILES string of the molecule is COC(=O)[C@H](Cc1ccc(-c2cc(C(=O)O)cc([N+](=O)[O-])c2)cc1)NC(=O)c1cc(-c2ccc(C(F)(F)F)cc2)ccc1O. The van der Waals surface area contributed by atoms with E-state index in [4.69, 9.17) is 4.74 Å². The van der Waals surface area contributed by atoms with Crippen molar-refractivity contribution in [3.8, 4) is 28.0 Å². The van der Waals surface area contributed by atoms with Crippen molar-refractivity contribution in [1.29, 1.82) is 0 Å². The normalized spacial score (nSPS) is 11.8. The van der Waals surface area contributed by atoms with E-state index in [0.29, 0.717) is 22.3 Å². The number of aromatic hydroxyl groups is 1. The van der Waals surface area contributed by atoms with Gasteiger partial charge in [0.15, 0.2) is 0 Å². The van der Waals surface area contributed by atoms with Crippen LogP contribution in [0, 0.1) is 10.1 Å². The van der Waals surface area contributed by atoms with Crippen LogP contribution in [0.4, 0.5) is 18.9 Å². The van der Waals surface area contributed by atoms with E-state index >= 15 is 0 Å². The smallest absolute Gasteiger partial charge is 0.416 e. The summed E-state index contributed by atoms with van der Waals surface area (Å²) in [5.41, 5.74) is 0.244. The van der Waals surface area contributed by atoms with Gasteiger partial charge in [-0.3, -0.25) is 14.9 Å². The predicted octanol–water partition coefficient (Wildman–Crippen LogP) is 5.87. The van der Waals surface area contributed by atoms with Crippen molar-refractivity contribution in [3.05, 3.63) is 117 Å². The lowest BCUT2D eigenvalue weighted by Crippen LogP contribution is -2.43. The number of non-ortho nitro benzene ring substituents is 1. The Kier molecular flexibility index (Phi) is 8.98. The van der Waals surface area contributed by atoms with E-state index in [-0.39, 0.29) is 23.1 Å². The lowest BCUT2D eigenvalue weighted by atomic mass is 9.98. The van der Waals surface area contributed by atoms with Gasteiger partial charge in [0.1, 0.15) is 11.8 Å². The molecule has 0 saturated carbocycles. The number of nitro benzene ring substituents is 1. The number of alkyl halides is 3. The van der Waals surface area contributed by atoms with Gasteiger partial charge in [-0.2, -0.15) is 13.2 Å². The second-order valence-electron chi connectivity index (χ2n) is 9.59. The van der Waals surface area contributed by atoms with Crippen LogP contribution in [-0.2, 0) is 22.1 Å². The molecule has 13 heteroatoms. The van der Waals surface area contributed by atoms with Crippen LogP contribution in [0.15, 0.2) is 84.9 Å². The number of carboxylic acid groups (broad SMARTS) is 1. The zero-order chi connectivity index (χ0) is 32.2. The van der Waals surface area contributed by atoms with Gasteiger partial charge in [-0.25, -0.2) is 9.59 Å². The standard InChI is InChI=1S/C31H23F3N2O8/c1-44-30(41)26(12-17-2-4-19(5-3-17)21-13-22(29(39)40)15-24(14-21)36(42)43)35-28(38)25-16-20(8-11-27(25)37)18-6-9-23(10-7-18)31(32,33)34/h2-11,13-16,26,37H,12H2,1H3,(H,35,38)(H,39,40)/t26-/m0/s1. The number of rotatable bonds is 9. The molecular formula is C31H23F3N2O8. The Morgan fingerprint density at radius 2 is 1.48 bits per heavy atom. The summed E-state index contributed by atoms with van der Waals surface area (Å²) < 4.78 is 43.6. The van der Waals surface area contributed by atoms with Crippen molar-refractivity contribution in [2.24, 2.45) is 0 Å². The van der Waals surface area contributed by atoms with Crippen molar-refractivity contribution in [2.75, 3.05) is 7.11 Å². The van der Waals surface area contributed by atoms with Crippen molar-refractivity contribution in [1.82, 2.24) is 5.32 Å². The molecule has 0 heterocycles. The monoisotopic (exact) mass is 608 g/mol. The molecule has 4 rings (SSSR count). The molecule has 0 radical (unpaired) electrons. The Bertz CT molecular complexity index is 1700. The second kappa shape index (κ2) is 12.7. The Morgan fingerprint density at radius 1 is 0.886 bits per heavy atom. The van der Waals surface area contributed by atoms with Crippen molar-refractivity contribution >= 4 is 23.5 Å². The first-order chi connectivity index (χ1) is 20.8. The fourth-order valence-electron chi connectivity index (χ4n) is 4.40. The molecule has 1 amide bonds. The van der Waals surface area contributed by atoms with Crippen LogP contribution in [0.1, 0.15) is 31.8 Å². The molecular weight excluding hydrogens is 585 g/mol. The van der Waals surface area contributed by atoms with Gasteiger partial charge in [-0.1, -0.05) is 42.5 Å². The average molecular weight is 609 g/mol. The zero-order valence-corrected chi connectivity index (χ0v) is 22.8. The number of nitrogens with zero attached hydrogens (tertiary/aromatic N) is 1. The molecule has 0 aromatic heterocycles. The summed E-state index contributed by atoms with van der Waals surface area (Å²) in [5, 5.41) is 33.4. The first-order valence-corrected chi connectivity index (χ1v) is 12.8. The van der Waals surface area contributed by atoms with Gasteiger partial charge >= 0.3 is 18.1 Å². The van der Waals surface area contributed by atoms with Crippen molar-refractivity contribution in [3.63, 3.8) is 0 Å². The van der Waals surface area contributed by atoms with E-state index in [2.05, 4.69) is 5.32 Å². The first kappa shape index (κ1) is 31.2. The van der Waals surface area contributed by atoms with Gasteiger partial charge < -0.3 is 20.3 Å². The minimum Gasteiger partial charge on any atom is -0.507 e. The van der Waals surface area contributed by atoms with Gasteiger partial charge in [0.2, 0.25) is 0 Å². The highest BCUT2D eigenvalue weighted by molar-refractivity contribution is 6.00. The van der Waals surface area contributed by atoms with E-state index in [1.54, 1.807) is 24.3 Å². The molecule has 0 aliphatic carbocycles. The number of phenols is 1. The molecule has 0 spiro atoms. The summed E-state index contributed by atoms with van der Waals surface area (Å²) in [5.74, 6) is -3.41. The van der Waals surface area contributed by atoms with Gasteiger partial charge in [0.25, 0.3) is 11.6 Å². The summed E-state index contributed by atoms with van der Waals surface area (Å²) >= 11 is 0. The molecule has 0 fully saturated rings. The third-order valence-electron chi connectivity index (χ3n) is 6.68. The number of ether oxygens (including phenoxy) is 1. The van der Waals surface area contributed by atoms with E-state index in [9.17, 15) is 47.9 Å². The molecule has 1 atom stereocenters.